The van der Waals surface area contributed by atoms with E-state index in [1.165, 1.54) is 12.1 Å². The number of halogens is 3. The lowest BCUT2D eigenvalue weighted by Gasteiger charge is -2.26. The van der Waals surface area contributed by atoms with E-state index in [1.54, 1.807) is 29.9 Å². The summed E-state index contributed by atoms with van der Waals surface area (Å²) in [5, 5.41) is 19.1. The Labute approximate surface area is 143 Å². The first-order valence-electron chi connectivity index (χ1n) is 7.93. The fraction of sp³-hybridized carbons (Fsp3) is 0.389. The number of benzene rings is 1. The van der Waals surface area contributed by atoms with Crippen molar-refractivity contribution in [3.8, 4) is 6.07 Å². The third kappa shape index (κ3) is 3.55. The SMILES string of the molecule is Cn1cc(CN2CC(O)CC2c2ccccc2C(F)(F)F)cc1C#N. The van der Waals surface area contributed by atoms with Crippen LogP contribution in [0.1, 0.15) is 34.8 Å². The van der Waals surface area contributed by atoms with Crippen LogP contribution in [0.4, 0.5) is 13.2 Å². The second-order valence-electron chi connectivity index (χ2n) is 6.38. The van der Waals surface area contributed by atoms with Crippen molar-refractivity contribution in [2.24, 2.45) is 7.05 Å². The number of hydrogen-bond acceptors (Lipinski definition) is 3. The van der Waals surface area contributed by atoms with E-state index in [0.29, 0.717) is 18.8 Å². The molecule has 4 nitrogen and oxygen atoms in total. The number of aliphatic hydroxyl groups is 1. The van der Waals surface area contributed by atoms with Crippen LogP contribution in [0.2, 0.25) is 0 Å². The summed E-state index contributed by atoms with van der Waals surface area (Å²) < 4.78 is 41.7. The minimum absolute atomic E-state index is 0.183. The maximum atomic E-state index is 13.3. The van der Waals surface area contributed by atoms with Gasteiger partial charge in [-0.05, 0) is 29.7 Å². The smallest absolute Gasteiger partial charge is 0.392 e. The van der Waals surface area contributed by atoms with Crippen molar-refractivity contribution in [2.45, 2.75) is 31.3 Å². The number of aromatic nitrogens is 1. The summed E-state index contributed by atoms with van der Waals surface area (Å²) in [5.74, 6) is 0. The van der Waals surface area contributed by atoms with Crippen molar-refractivity contribution in [1.82, 2.24) is 9.47 Å². The molecule has 0 amide bonds. The first-order valence-corrected chi connectivity index (χ1v) is 7.93. The molecule has 1 aromatic carbocycles. The van der Waals surface area contributed by atoms with Crippen molar-refractivity contribution in [3.05, 3.63) is 58.9 Å². The number of nitrogens with zero attached hydrogens (tertiary/aromatic N) is 3. The van der Waals surface area contributed by atoms with Gasteiger partial charge in [-0.15, -0.1) is 0 Å². The highest BCUT2D eigenvalue weighted by Crippen LogP contribution is 2.40. The fourth-order valence-electron chi connectivity index (χ4n) is 3.49. The van der Waals surface area contributed by atoms with E-state index in [-0.39, 0.29) is 12.0 Å². The molecule has 1 saturated heterocycles. The summed E-state index contributed by atoms with van der Waals surface area (Å²) in [7, 11) is 1.75. The molecule has 2 atom stereocenters. The van der Waals surface area contributed by atoms with Gasteiger partial charge in [-0.25, -0.2) is 0 Å². The van der Waals surface area contributed by atoms with Crippen molar-refractivity contribution < 1.29 is 18.3 Å². The minimum atomic E-state index is -4.43. The van der Waals surface area contributed by atoms with Crippen LogP contribution < -0.4 is 0 Å². The van der Waals surface area contributed by atoms with Crippen LogP contribution in [0.3, 0.4) is 0 Å². The quantitative estimate of drug-likeness (QED) is 0.926. The van der Waals surface area contributed by atoms with Gasteiger partial charge in [-0.2, -0.15) is 18.4 Å². The molecule has 25 heavy (non-hydrogen) atoms. The summed E-state index contributed by atoms with van der Waals surface area (Å²) in [6.07, 6.45) is -3.07. The van der Waals surface area contributed by atoms with Gasteiger partial charge in [0.1, 0.15) is 11.8 Å². The van der Waals surface area contributed by atoms with Crippen molar-refractivity contribution in [2.75, 3.05) is 6.54 Å². The third-order valence-corrected chi connectivity index (χ3v) is 4.57. The summed E-state index contributed by atoms with van der Waals surface area (Å²) in [6, 6.07) is 8.79. The van der Waals surface area contributed by atoms with Gasteiger partial charge in [-0.1, -0.05) is 18.2 Å². The molecule has 2 heterocycles. The molecular formula is C18H18F3N3O. The van der Waals surface area contributed by atoms with E-state index in [0.717, 1.165) is 11.6 Å². The first kappa shape index (κ1) is 17.5. The van der Waals surface area contributed by atoms with Crippen molar-refractivity contribution in [3.63, 3.8) is 0 Å². The average molecular weight is 349 g/mol. The van der Waals surface area contributed by atoms with Crippen LogP contribution in [0.5, 0.6) is 0 Å². The Hall–Kier alpha value is -2.30. The van der Waals surface area contributed by atoms with Crippen LogP contribution in [0.15, 0.2) is 36.5 Å². The van der Waals surface area contributed by atoms with E-state index in [1.807, 2.05) is 4.90 Å². The maximum Gasteiger partial charge on any atom is 0.416 e. The fourth-order valence-corrected chi connectivity index (χ4v) is 3.49. The Morgan fingerprint density at radius 3 is 2.68 bits per heavy atom. The molecule has 7 heteroatoms. The lowest BCUT2D eigenvalue weighted by molar-refractivity contribution is -0.138. The molecule has 0 aliphatic carbocycles. The average Bonchev–Trinajstić information content (AvgIpc) is 3.09. The highest BCUT2D eigenvalue weighted by Gasteiger charge is 2.39. The minimum Gasteiger partial charge on any atom is -0.392 e. The van der Waals surface area contributed by atoms with Gasteiger partial charge < -0.3 is 9.67 Å². The van der Waals surface area contributed by atoms with Crippen LogP contribution in [-0.4, -0.2) is 27.2 Å². The molecule has 1 aliphatic rings. The molecule has 132 valence electrons. The maximum absolute atomic E-state index is 13.3. The summed E-state index contributed by atoms with van der Waals surface area (Å²) in [6.45, 7) is 0.678. The molecule has 2 aromatic rings. The second kappa shape index (κ2) is 6.54. The summed E-state index contributed by atoms with van der Waals surface area (Å²) in [5.41, 5.74) is 0.845. The molecule has 1 fully saturated rings. The van der Waals surface area contributed by atoms with Crippen LogP contribution in [0, 0.1) is 11.3 Å². The second-order valence-corrected chi connectivity index (χ2v) is 6.38. The number of hydrogen-bond donors (Lipinski definition) is 1. The van der Waals surface area contributed by atoms with E-state index in [2.05, 4.69) is 6.07 Å². The Bertz CT molecular complexity index is 807. The van der Waals surface area contributed by atoms with Gasteiger partial charge in [0.15, 0.2) is 0 Å². The summed E-state index contributed by atoms with van der Waals surface area (Å²) in [4.78, 5) is 1.84. The van der Waals surface area contributed by atoms with E-state index < -0.39 is 23.9 Å². The zero-order valence-corrected chi connectivity index (χ0v) is 13.7. The van der Waals surface area contributed by atoms with Gasteiger partial charge in [0, 0.05) is 32.4 Å². The third-order valence-electron chi connectivity index (χ3n) is 4.57. The molecular weight excluding hydrogens is 331 g/mol. The zero-order chi connectivity index (χ0) is 18.2. The zero-order valence-electron chi connectivity index (χ0n) is 13.7. The molecule has 0 radical (unpaired) electrons. The van der Waals surface area contributed by atoms with Gasteiger partial charge in [0.2, 0.25) is 0 Å². The highest BCUT2D eigenvalue weighted by atomic mass is 19.4. The molecule has 0 bridgehead atoms. The standard InChI is InChI=1S/C18H18F3N3O/c1-23-9-12(6-13(23)8-22)10-24-11-14(25)7-17(24)15-4-2-3-5-16(15)18(19,20)21/h2-6,9,14,17,25H,7,10-11H2,1H3. The number of nitriles is 1. The van der Waals surface area contributed by atoms with Crippen molar-refractivity contribution in [1.29, 1.82) is 5.26 Å². The lowest BCUT2D eigenvalue weighted by atomic mass is 9.97. The number of likely N-dealkylation sites (tertiary alicyclic amines) is 1. The Morgan fingerprint density at radius 2 is 2.04 bits per heavy atom. The highest BCUT2D eigenvalue weighted by molar-refractivity contribution is 5.34. The molecule has 2 unspecified atom stereocenters. The Balaban J connectivity index is 1.92. The van der Waals surface area contributed by atoms with E-state index in [9.17, 15) is 18.3 Å². The van der Waals surface area contributed by atoms with Crippen LogP contribution in [-0.2, 0) is 19.8 Å². The molecule has 1 aromatic heterocycles. The lowest BCUT2D eigenvalue weighted by Crippen LogP contribution is -2.25. The predicted octanol–water partition coefficient (Wildman–Crippen LogP) is 3.22. The first-order chi connectivity index (χ1) is 11.8. The van der Waals surface area contributed by atoms with Crippen molar-refractivity contribution >= 4 is 0 Å². The topological polar surface area (TPSA) is 52.2 Å². The monoisotopic (exact) mass is 349 g/mol. The Morgan fingerprint density at radius 1 is 1.32 bits per heavy atom. The predicted molar refractivity (Wildman–Crippen MR) is 85.3 cm³/mol. The summed E-state index contributed by atoms with van der Waals surface area (Å²) >= 11 is 0. The molecule has 0 saturated carbocycles. The number of rotatable bonds is 3. The number of alkyl halides is 3. The van der Waals surface area contributed by atoms with Gasteiger partial charge in [-0.3, -0.25) is 4.90 Å². The number of aryl methyl sites for hydroxylation is 1. The van der Waals surface area contributed by atoms with Crippen LogP contribution in [0.25, 0.3) is 0 Å². The molecule has 3 rings (SSSR count). The molecule has 1 N–H and O–H groups in total. The van der Waals surface area contributed by atoms with E-state index >= 15 is 0 Å². The van der Waals surface area contributed by atoms with E-state index in [4.69, 9.17) is 5.26 Å². The molecule has 0 spiro atoms. The molecule has 1 aliphatic heterocycles. The normalized spacial score (nSPS) is 21.4. The van der Waals surface area contributed by atoms with Crippen LogP contribution >= 0.6 is 0 Å². The number of aliphatic hydroxyl groups excluding tert-OH is 1. The van der Waals surface area contributed by atoms with Gasteiger partial charge in [0.25, 0.3) is 0 Å². The largest absolute Gasteiger partial charge is 0.416 e. The van der Waals surface area contributed by atoms with Gasteiger partial charge in [0.05, 0.1) is 11.7 Å². The Kier molecular flexibility index (Phi) is 4.58. The number of β-amino-alcohol motifs (C(OH)–C–C–N with tert-alkyl or cyclic N) is 1. The van der Waals surface area contributed by atoms with Gasteiger partial charge >= 0.3 is 6.18 Å².